The van der Waals surface area contributed by atoms with E-state index in [0.29, 0.717) is 19.4 Å². The van der Waals surface area contributed by atoms with Gasteiger partial charge in [0.2, 0.25) is 0 Å². The lowest BCUT2D eigenvalue weighted by molar-refractivity contribution is -0.258. The predicted octanol–water partition coefficient (Wildman–Crippen LogP) is 1.43. The fraction of sp³-hybridized carbons (Fsp3) is 1.00. The largest absolute Gasteiger partial charge is 0.417 e. The highest BCUT2D eigenvalue weighted by atomic mass is 19.4. The quantitative estimate of drug-likeness (QED) is 0.703. The van der Waals surface area contributed by atoms with E-state index in [9.17, 15) is 18.3 Å². The summed E-state index contributed by atoms with van der Waals surface area (Å²) in [7, 11) is 0. The van der Waals surface area contributed by atoms with E-state index < -0.39 is 11.8 Å². The van der Waals surface area contributed by atoms with Crippen LogP contribution in [-0.4, -0.2) is 23.4 Å². The van der Waals surface area contributed by atoms with Crippen molar-refractivity contribution in [2.24, 2.45) is 11.7 Å². The average Bonchev–Trinajstić information content (AvgIpc) is 2.32. The summed E-state index contributed by atoms with van der Waals surface area (Å²) in [5, 5.41) is 9.26. The van der Waals surface area contributed by atoms with E-state index >= 15 is 0 Å². The van der Waals surface area contributed by atoms with E-state index in [0.717, 1.165) is 0 Å². The summed E-state index contributed by atoms with van der Waals surface area (Å²) in [6, 6.07) is 0. The van der Waals surface area contributed by atoms with Gasteiger partial charge in [0, 0.05) is 0 Å². The first kappa shape index (κ1) is 10.8. The molecule has 0 radical (unpaired) electrons. The van der Waals surface area contributed by atoms with E-state index in [1.807, 2.05) is 0 Å². The number of nitrogens with two attached hydrogens (primary N) is 1. The Balaban J connectivity index is 2.56. The molecule has 2 unspecified atom stereocenters. The molecule has 1 rings (SSSR count). The van der Waals surface area contributed by atoms with Gasteiger partial charge in [0.15, 0.2) is 5.60 Å². The molecule has 78 valence electrons. The topological polar surface area (TPSA) is 46.2 Å². The molecule has 0 aliphatic heterocycles. The summed E-state index contributed by atoms with van der Waals surface area (Å²) in [6.45, 7) is 0.388. The number of aliphatic hydroxyl groups is 1. The second kappa shape index (κ2) is 3.46. The van der Waals surface area contributed by atoms with Crippen molar-refractivity contribution in [3.05, 3.63) is 0 Å². The van der Waals surface area contributed by atoms with Gasteiger partial charge in [0.25, 0.3) is 0 Å². The van der Waals surface area contributed by atoms with Gasteiger partial charge in [-0.25, -0.2) is 0 Å². The normalized spacial score (nSPS) is 35.3. The van der Waals surface area contributed by atoms with Crippen LogP contribution in [0.1, 0.15) is 25.7 Å². The molecule has 13 heavy (non-hydrogen) atoms. The predicted molar refractivity (Wildman–Crippen MR) is 42.0 cm³/mol. The monoisotopic (exact) mass is 197 g/mol. The molecule has 1 saturated carbocycles. The van der Waals surface area contributed by atoms with Gasteiger partial charge in [0.1, 0.15) is 0 Å². The Morgan fingerprint density at radius 3 is 2.46 bits per heavy atom. The highest BCUT2D eigenvalue weighted by Crippen LogP contribution is 2.46. The third-order valence-corrected chi connectivity index (χ3v) is 2.70. The van der Waals surface area contributed by atoms with Crippen molar-refractivity contribution in [3.8, 4) is 0 Å². The first-order chi connectivity index (χ1) is 5.89. The van der Waals surface area contributed by atoms with Crippen molar-refractivity contribution in [3.63, 3.8) is 0 Å². The number of alkyl halides is 3. The van der Waals surface area contributed by atoms with Crippen molar-refractivity contribution in [2.75, 3.05) is 6.54 Å². The highest BCUT2D eigenvalue weighted by molar-refractivity contribution is 4.94. The molecule has 1 aliphatic rings. The molecule has 0 aromatic heterocycles. The maximum absolute atomic E-state index is 12.3. The molecule has 1 fully saturated rings. The van der Waals surface area contributed by atoms with Crippen LogP contribution in [0, 0.1) is 5.92 Å². The lowest BCUT2D eigenvalue weighted by Crippen LogP contribution is -2.42. The molecule has 5 heteroatoms. The Morgan fingerprint density at radius 1 is 1.46 bits per heavy atom. The first-order valence-corrected chi connectivity index (χ1v) is 4.38. The Hall–Kier alpha value is -0.290. The second-order valence-corrected chi connectivity index (χ2v) is 3.72. The van der Waals surface area contributed by atoms with Gasteiger partial charge in [0.05, 0.1) is 0 Å². The second-order valence-electron chi connectivity index (χ2n) is 3.72. The summed E-state index contributed by atoms with van der Waals surface area (Å²) in [5.41, 5.74) is 2.79. The number of halogens is 3. The van der Waals surface area contributed by atoms with Crippen molar-refractivity contribution in [1.29, 1.82) is 0 Å². The van der Waals surface area contributed by atoms with Crippen molar-refractivity contribution in [1.82, 2.24) is 0 Å². The Bertz CT molecular complexity index is 183. The molecule has 0 aromatic rings. The zero-order chi connectivity index (χ0) is 10.1. The zero-order valence-electron chi connectivity index (χ0n) is 7.27. The van der Waals surface area contributed by atoms with E-state index in [-0.39, 0.29) is 18.8 Å². The minimum absolute atomic E-state index is 0.0726. The molecular weight excluding hydrogens is 183 g/mol. The number of hydrogen-bond donors (Lipinski definition) is 2. The van der Waals surface area contributed by atoms with Gasteiger partial charge in [-0.05, 0) is 38.1 Å². The van der Waals surface area contributed by atoms with Crippen molar-refractivity contribution < 1.29 is 18.3 Å². The first-order valence-electron chi connectivity index (χ1n) is 4.38. The molecule has 2 nitrogen and oxygen atoms in total. The summed E-state index contributed by atoms with van der Waals surface area (Å²) in [4.78, 5) is 0. The number of rotatable bonds is 2. The molecular formula is C8H14F3NO. The molecule has 3 N–H and O–H groups in total. The molecule has 0 spiro atoms. The van der Waals surface area contributed by atoms with E-state index in [1.165, 1.54) is 0 Å². The van der Waals surface area contributed by atoms with Crippen LogP contribution in [0.5, 0.6) is 0 Å². The molecule has 2 atom stereocenters. The van der Waals surface area contributed by atoms with Crippen LogP contribution in [0.25, 0.3) is 0 Å². The van der Waals surface area contributed by atoms with Crippen LogP contribution in [0.4, 0.5) is 13.2 Å². The van der Waals surface area contributed by atoms with Crippen molar-refractivity contribution >= 4 is 0 Å². The van der Waals surface area contributed by atoms with Gasteiger partial charge in [-0.1, -0.05) is 0 Å². The zero-order valence-corrected chi connectivity index (χ0v) is 7.27. The van der Waals surface area contributed by atoms with E-state index in [4.69, 9.17) is 5.73 Å². The van der Waals surface area contributed by atoms with Gasteiger partial charge >= 0.3 is 6.18 Å². The fourth-order valence-corrected chi connectivity index (χ4v) is 1.86. The Kier molecular flexibility index (Phi) is 2.87. The maximum atomic E-state index is 12.3. The van der Waals surface area contributed by atoms with E-state index in [2.05, 4.69) is 0 Å². The molecule has 0 saturated heterocycles. The molecule has 0 heterocycles. The number of hydrogen-bond acceptors (Lipinski definition) is 2. The summed E-state index contributed by atoms with van der Waals surface area (Å²) < 4.78 is 36.8. The van der Waals surface area contributed by atoms with Gasteiger partial charge < -0.3 is 10.8 Å². The Labute approximate surface area is 74.9 Å². The SMILES string of the molecule is NCCC1CCC(O)(C(F)(F)F)C1. The standard InChI is InChI=1S/C8H14F3NO/c9-8(10,11)7(13)3-1-6(5-7)2-4-12/h6,13H,1-5,12H2. The van der Waals surface area contributed by atoms with Gasteiger partial charge in [-0.15, -0.1) is 0 Å². The molecule has 1 aliphatic carbocycles. The van der Waals surface area contributed by atoms with Crippen LogP contribution < -0.4 is 5.73 Å². The average molecular weight is 197 g/mol. The molecule has 0 amide bonds. The van der Waals surface area contributed by atoms with Gasteiger partial charge in [-0.3, -0.25) is 0 Å². The van der Waals surface area contributed by atoms with Crippen molar-refractivity contribution in [2.45, 2.75) is 37.5 Å². The summed E-state index contributed by atoms with van der Waals surface area (Å²) in [6.07, 6.45) is -3.86. The fourth-order valence-electron chi connectivity index (χ4n) is 1.86. The minimum atomic E-state index is -4.49. The lowest BCUT2D eigenvalue weighted by Gasteiger charge is -2.25. The van der Waals surface area contributed by atoms with Crippen LogP contribution in [0.15, 0.2) is 0 Å². The third kappa shape index (κ3) is 2.14. The van der Waals surface area contributed by atoms with Gasteiger partial charge in [-0.2, -0.15) is 13.2 Å². The summed E-state index contributed by atoms with van der Waals surface area (Å²) in [5.74, 6) is -0.0726. The third-order valence-electron chi connectivity index (χ3n) is 2.70. The highest BCUT2D eigenvalue weighted by Gasteiger charge is 2.56. The van der Waals surface area contributed by atoms with Crippen LogP contribution in [0.3, 0.4) is 0 Å². The summed E-state index contributed by atoms with van der Waals surface area (Å²) >= 11 is 0. The van der Waals surface area contributed by atoms with Crippen LogP contribution in [-0.2, 0) is 0 Å². The van der Waals surface area contributed by atoms with E-state index in [1.54, 1.807) is 0 Å². The van der Waals surface area contributed by atoms with Crippen LogP contribution in [0.2, 0.25) is 0 Å². The van der Waals surface area contributed by atoms with Crippen LogP contribution >= 0.6 is 0 Å². The Morgan fingerprint density at radius 2 is 2.08 bits per heavy atom. The maximum Gasteiger partial charge on any atom is 0.417 e. The molecule has 0 bridgehead atoms. The smallest absolute Gasteiger partial charge is 0.380 e. The lowest BCUT2D eigenvalue weighted by atomic mass is 9.98. The molecule has 0 aromatic carbocycles. The minimum Gasteiger partial charge on any atom is -0.380 e.